The van der Waals surface area contributed by atoms with E-state index >= 15 is 0 Å². The third kappa shape index (κ3) is 2.18. The van der Waals surface area contributed by atoms with E-state index < -0.39 is 0 Å². The van der Waals surface area contributed by atoms with Gasteiger partial charge < -0.3 is 14.8 Å². The van der Waals surface area contributed by atoms with Crippen LogP contribution in [0.25, 0.3) is 0 Å². The summed E-state index contributed by atoms with van der Waals surface area (Å²) < 4.78 is 11.7. The standard InChI is InChI=1S/C12H14BrNO2/c13-10-3-9(6-14-5-8-1-2-8)4-11-12(10)16-7-15-11/h3-4,8,14H,1-2,5-7H2. The van der Waals surface area contributed by atoms with Crippen molar-refractivity contribution in [2.45, 2.75) is 19.4 Å². The summed E-state index contributed by atoms with van der Waals surface area (Å²) in [6, 6.07) is 4.14. The van der Waals surface area contributed by atoms with Crippen LogP contribution in [0.4, 0.5) is 0 Å². The molecule has 0 atom stereocenters. The summed E-state index contributed by atoms with van der Waals surface area (Å²) in [5.74, 6) is 2.58. The maximum Gasteiger partial charge on any atom is 0.231 e. The van der Waals surface area contributed by atoms with Gasteiger partial charge in [-0.25, -0.2) is 0 Å². The average Bonchev–Trinajstić information content (AvgIpc) is 2.94. The first kappa shape index (κ1) is 10.4. The molecule has 0 amide bonds. The molecule has 0 bridgehead atoms. The molecule has 0 spiro atoms. The highest BCUT2D eigenvalue weighted by atomic mass is 79.9. The molecular formula is C12H14BrNO2. The van der Waals surface area contributed by atoms with Crippen molar-refractivity contribution in [3.05, 3.63) is 22.2 Å². The molecule has 3 rings (SSSR count). The molecule has 86 valence electrons. The van der Waals surface area contributed by atoms with Crippen LogP contribution in [-0.2, 0) is 6.54 Å². The van der Waals surface area contributed by atoms with Gasteiger partial charge in [-0.15, -0.1) is 0 Å². The van der Waals surface area contributed by atoms with Gasteiger partial charge in [-0.05, 0) is 58.9 Å². The molecule has 4 heteroatoms. The lowest BCUT2D eigenvalue weighted by Crippen LogP contribution is -2.16. The number of hydrogen-bond donors (Lipinski definition) is 1. The quantitative estimate of drug-likeness (QED) is 0.922. The minimum Gasteiger partial charge on any atom is -0.454 e. The van der Waals surface area contributed by atoms with E-state index in [1.54, 1.807) is 0 Å². The fraction of sp³-hybridized carbons (Fsp3) is 0.500. The molecule has 2 aliphatic rings. The Labute approximate surface area is 103 Å². The lowest BCUT2D eigenvalue weighted by atomic mass is 10.2. The lowest BCUT2D eigenvalue weighted by Gasteiger charge is -2.06. The molecule has 3 nitrogen and oxygen atoms in total. The number of nitrogens with one attached hydrogen (secondary N) is 1. The van der Waals surface area contributed by atoms with Crippen molar-refractivity contribution in [3.63, 3.8) is 0 Å². The van der Waals surface area contributed by atoms with Crippen LogP contribution < -0.4 is 14.8 Å². The Balaban J connectivity index is 1.67. The SMILES string of the molecule is Brc1cc(CNCC2CC2)cc2c1OCO2. The molecule has 1 heterocycles. The van der Waals surface area contributed by atoms with Crippen LogP contribution in [0.2, 0.25) is 0 Å². The van der Waals surface area contributed by atoms with E-state index in [4.69, 9.17) is 9.47 Å². The Hall–Kier alpha value is -0.740. The summed E-state index contributed by atoms with van der Waals surface area (Å²) >= 11 is 3.50. The van der Waals surface area contributed by atoms with E-state index in [2.05, 4.69) is 27.3 Å². The highest BCUT2D eigenvalue weighted by Crippen LogP contribution is 2.40. The largest absolute Gasteiger partial charge is 0.454 e. The Morgan fingerprint density at radius 2 is 2.19 bits per heavy atom. The van der Waals surface area contributed by atoms with Crippen molar-refractivity contribution in [1.29, 1.82) is 0 Å². The van der Waals surface area contributed by atoms with E-state index in [1.165, 1.54) is 18.4 Å². The topological polar surface area (TPSA) is 30.5 Å². The molecule has 0 radical (unpaired) electrons. The Morgan fingerprint density at radius 3 is 3.00 bits per heavy atom. The van der Waals surface area contributed by atoms with Gasteiger partial charge in [0.1, 0.15) is 0 Å². The lowest BCUT2D eigenvalue weighted by molar-refractivity contribution is 0.173. The maximum atomic E-state index is 5.38. The van der Waals surface area contributed by atoms with Crippen molar-refractivity contribution >= 4 is 15.9 Å². The minimum atomic E-state index is 0.326. The molecule has 1 fully saturated rings. The van der Waals surface area contributed by atoms with E-state index in [-0.39, 0.29) is 0 Å². The summed E-state index contributed by atoms with van der Waals surface area (Å²) in [4.78, 5) is 0. The van der Waals surface area contributed by atoms with Crippen molar-refractivity contribution in [3.8, 4) is 11.5 Å². The number of benzene rings is 1. The van der Waals surface area contributed by atoms with E-state index in [0.29, 0.717) is 6.79 Å². The van der Waals surface area contributed by atoms with E-state index in [0.717, 1.165) is 35.0 Å². The van der Waals surface area contributed by atoms with Crippen LogP contribution in [0.3, 0.4) is 0 Å². The van der Waals surface area contributed by atoms with Crippen molar-refractivity contribution in [2.75, 3.05) is 13.3 Å². The molecule has 1 saturated carbocycles. The van der Waals surface area contributed by atoms with Crippen LogP contribution in [0, 0.1) is 5.92 Å². The number of rotatable bonds is 4. The summed E-state index contributed by atoms with van der Waals surface area (Å²) in [5, 5.41) is 3.46. The number of halogens is 1. The molecule has 0 aromatic heterocycles. The fourth-order valence-electron chi connectivity index (χ4n) is 1.87. The molecule has 16 heavy (non-hydrogen) atoms. The van der Waals surface area contributed by atoms with Crippen molar-refractivity contribution in [2.24, 2.45) is 5.92 Å². The molecule has 1 aromatic carbocycles. The van der Waals surface area contributed by atoms with Crippen molar-refractivity contribution in [1.82, 2.24) is 5.32 Å². The van der Waals surface area contributed by atoms with Gasteiger partial charge >= 0.3 is 0 Å². The van der Waals surface area contributed by atoms with Gasteiger partial charge in [0, 0.05) is 6.54 Å². The van der Waals surface area contributed by atoms with Gasteiger partial charge in [-0.3, -0.25) is 0 Å². The molecule has 1 N–H and O–H groups in total. The molecule has 1 aliphatic carbocycles. The summed E-state index contributed by atoms with van der Waals surface area (Å²) in [6.45, 7) is 2.35. The van der Waals surface area contributed by atoms with Gasteiger partial charge in [0.15, 0.2) is 11.5 Å². The molecule has 0 unspecified atom stereocenters. The van der Waals surface area contributed by atoms with Crippen molar-refractivity contribution < 1.29 is 9.47 Å². The van der Waals surface area contributed by atoms with Gasteiger partial charge in [-0.2, -0.15) is 0 Å². The Bertz CT molecular complexity index is 404. The zero-order valence-electron chi connectivity index (χ0n) is 8.96. The third-order valence-corrected chi connectivity index (χ3v) is 3.54. The third-order valence-electron chi connectivity index (χ3n) is 2.95. The maximum absolute atomic E-state index is 5.38. The number of fused-ring (bicyclic) bond motifs is 1. The monoisotopic (exact) mass is 283 g/mol. The van der Waals surface area contributed by atoms with Gasteiger partial charge in [0.2, 0.25) is 6.79 Å². The molecule has 1 aromatic rings. The average molecular weight is 284 g/mol. The highest BCUT2D eigenvalue weighted by Gasteiger charge is 2.21. The van der Waals surface area contributed by atoms with Crippen LogP contribution in [0.5, 0.6) is 11.5 Å². The first-order valence-electron chi connectivity index (χ1n) is 5.61. The predicted octanol–water partition coefficient (Wildman–Crippen LogP) is 2.68. The molecule has 1 aliphatic heterocycles. The van der Waals surface area contributed by atoms with Gasteiger partial charge in [-0.1, -0.05) is 0 Å². The second kappa shape index (κ2) is 4.26. The summed E-state index contributed by atoms with van der Waals surface area (Å²) in [6.07, 6.45) is 2.77. The second-order valence-electron chi connectivity index (χ2n) is 4.39. The molecular weight excluding hydrogens is 270 g/mol. The second-order valence-corrected chi connectivity index (χ2v) is 5.24. The summed E-state index contributed by atoms with van der Waals surface area (Å²) in [5.41, 5.74) is 1.23. The number of hydrogen-bond acceptors (Lipinski definition) is 3. The first-order chi connectivity index (χ1) is 7.83. The highest BCUT2D eigenvalue weighted by molar-refractivity contribution is 9.10. The van der Waals surface area contributed by atoms with Gasteiger partial charge in [0.05, 0.1) is 4.47 Å². The predicted molar refractivity (Wildman–Crippen MR) is 64.7 cm³/mol. The number of ether oxygens (including phenoxy) is 2. The summed E-state index contributed by atoms with van der Waals surface area (Å²) in [7, 11) is 0. The van der Waals surface area contributed by atoms with E-state index in [9.17, 15) is 0 Å². The van der Waals surface area contributed by atoms with Gasteiger partial charge in [0.25, 0.3) is 0 Å². The Kier molecular flexibility index (Phi) is 2.77. The van der Waals surface area contributed by atoms with Crippen LogP contribution in [0.15, 0.2) is 16.6 Å². The Morgan fingerprint density at radius 1 is 1.31 bits per heavy atom. The minimum absolute atomic E-state index is 0.326. The van der Waals surface area contributed by atoms with Crippen LogP contribution >= 0.6 is 15.9 Å². The van der Waals surface area contributed by atoms with E-state index in [1.807, 2.05) is 6.07 Å². The zero-order valence-corrected chi connectivity index (χ0v) is 10.5. The molecule has 0 saturated heterocycles. The zero-order chi connectivity index (χ0) is 11.0. The van der Waals surface area contributed by atoms with Crippen LogP contribution in [0.1, 0.15) is 18.4 Å². The smallest absolute Gasteiger partial charge is 0.231 e. The normalized spacial score (nSPS) is 17.8. The van der Waals surface area contributed by atoms with Crippen LogP contribution in [-0.4, -0.2) is 13.3 Å². The first-order valence-corrected chi connectivity index (χ1v) is 6.41. The fourth-order valence-corrected chi connectivity index (χ4v) is 2.47.